The summed E-state index contributed by atoms with van der Waals surface area (Å²) in [6, 6.07) is 14.0. The first-order valence-corrected chi connectivity index (χ1v) is 11.1. The Hall–Kier alpha value is -3.65. The zero-order valence-corrected chi connectivity index (χ0v) is 18.9. The van der Waals surface area contributed by atoms with Gasteiger partial charge in [-0.1, -0.05) is 30.3 Å². The number of carboxylic acid groups (broad SMARTS) is 1. The molecule has 33 heavy (non-hydrogen) atoms. The van der Waals surface area contributed by atoms with Gasteiger partial charge in [-0.05, 0) is 69.9 Å². The summed E-state index contributed by atoms with van der Waals surface area (Å²) in [5, 5.41) is 15.9. The van der Waals surface area contributed by atoms with Crippen LogP contribution in [0, 0.1) is 0 Å². The zero-order chi connectivity index (χ0) is 23.4. The van der Waals surface area contributed by atoms with Gasteiger partial charge in [0.05, 0.1) is 11.8 Å². The Kier molecular flexibility index (Phi) is 6.74. The molecular formula is C25H29N5O3. The number of aromatic nitrogens is 1. The van der Waals surface area contributed by atoms with Crippen molar-refractivity contribution in [2.75, 3.05) is 26.0 Å². The van der Waals surface area contributed by atoms with Gasteiger partial charge in [0.25, 0.3) is 5.91 Å². The molecule has 1 aliphatic heterocycles. The molecule has 1 aliphatic carbocycles. The van der Waals surface area contributed by atoms with Crippen molar-refractivity contribution in [3.05, 3.63) is 64.8 Å². The van der Waals surface area contributed by atoms with E-state index in [0.29, 0.717) is 11.3 Å². The maximum atomic E-state index is 12.2. The summed E-state index contributed by atoms with van der Waals surface area (Å²) in [6.45, 7) is 0.946. The van der Waals surface area contributed by atoms with Crippen LogP contribution in [0.5, 0.6) is 0 Å². The summed E-state index contributed by atoms with van der Waals surface area (Å²) in [5.41, 5.74) is 7.30. The summed E-state index contributed by atoms with van der Waals surface area (Å²) in [4.78, 5) is 28.5. The Labute approximate surface area is 192 Å². The number of carbonyl (C=O) groups excluding carboxylic acids is 1. The molecule has 2 aliphatic rings. The summed E-state index contributed by atoms with van der Waals surface area (Å²) >= 11 is 0. The van der Waals surface area contributed by atoms with Crippen LogP contribution < -0.4 is 10.7 Å². The zero-order valence-electron chi connectivity index (χ0n) is 18.9. The second-order valence-corrected chi connectivity index (χ2v) is 8.68. The van der Waals surface area contributed by atoms with Gasteiger partial charge in [-0.15, -0.1) is 0 Å². The van der Waals surface area contributed by atoms with E-state index in [-0.39, 0.29) is 5.91 Å². The molecule has 4 N–H and O–H groups in total. The topological polar surface area (TPSA) is 110 Å². The Morgan fingerprint density at radius 3 is 2.64 bits per heavy atom. The lowest BCUT2D eigenvalue weighted by molar-refractivity contribution is 0.0957. The second-order valence-electron chi connectivity index (χ2n) is 8.68. The summed E-state index contributed by atoms with van der Waals surface area (Å²) in [5.74, 6) is 0.550. The van der Waals surface area contributed by atoms with E-state index in [1.807, 2.05) is 14.1 Å². The van der Waals surface area contributed by atoms with Crippen LogP contribution in [-0.4, -0.2) is 53.8 Å². The van der Waals surface area contributed by atoms with Crippen molar-refractivity contribution in [1.29, 1.82) is 0 Å². The van der Waals surface area contributed by atoms with Crippen LogP contribution in [0.25, 0.3) is 10.9 Å². The van der Waals surface area contributed by atoms with Crippen molar-refractivity contribution >= 4 is 34.8 Å². The van der Waals surface area contributed by atoms with Crippen molar-refractivity contribution in [3.8, 4) is 0 Å². The number of aromatic amines is 1. The average molecular weight is 448 g/mol. The first-order valence-electron chi connectivity index (χ1n) is 11.1. The fourth-order valence-electron chi connectivity index (χ4n) is 4.06. The fraction of sp³-hybridized carbons (Fsp3) is 0.320. The van der Waals surface area contributed by atoms with Gasteiger partial charge in [0.15, 0.2) is 0 Å². The molecule has 1 fully saturated rings. The molecule has 5 rings (SSSR count). The highest BCUT2D eigenvalue weighted by molar-refractivity contribution is 6.16. The van der Waals surface area contributed by atoms with Gasteiger partial charge in [-0.3, -0.25) is 10.1 Å². The number of hydrazone groups is 1. The minimum atomic E-state index is -1.18. The van der Waals surface area contributed by atoms with Gasteiger partial charge in [0.1, 0.15) is 0 Å². The lowest BCUT2D eigenvalue weighted by Gasteiger charge is -2.08. The molecule has 172 valence electrons. The molecule has 0 spiro atoms. The molecule has 3 aromatic rings. The van der Waals surface area contributed by atoms with Crippen LogP contribution >= 0.6 is 0 Å². The van der Waals surface area contributed by atoms with E-state index in [1.54, 1.807) is 12.3 Å². The van der Waals surface area contributed by atoms with Crippen molar-refractivity contribution in [3.63, 3.8) is 0 Å². The largest absolute Gasteiger partial charge is 0.465 e. The molecule has 1 aromatic heterocycles. The molecule has 2 aromatic carbocycles. The highest BCUT2D eigenvalue weighted by Crippen LogP contribution is 2.39. The second kappa shape index (κ2) is 9.87. The highest BCUT2D eigenvalue weighted by Gasteiger charge is 2.23. The standard InChI is InChI=1S/C16H19N5O3.C9H10/c1-21(2)5-3-4-12-11-8-17-20-15(22)10-6-9(18-16(23)24)7-13(19-12)14(10)11;1-2-4-8(5-3-1)9-6-7-9/h6-8,18-19H,3-5H2,1-2H3,(H,20,22)(H,23,24);1-5,9H,6-7H2. The maximum Gasteiger partial charge on any atom is 0.409 e. The van der Waals surface area contributed by atoms with Crippen molar-refractivity contribution < 1.29 is 14.7 Å². The molecule has 0 bridgehead atoms. The van der Waals surface area contributed by atoms with Gasteiger partial charge in [0.2, 0.25) is 0 Å². The van der Waals surface area contributed by atoms with Gasteiger partial charge in [-0.25, -0.2) is 10.2 Å². The Morgan fingerprint density at radius 1 is 1.21 bits per heavy atom. The third-order valence-corrected chi connectivity index (χ3v) is 5.75. The molecule has 2 heterocycles. The van der Waals surface area contributed by atoms with E-state index in [9.17, 15) is 9.59 Å². The molecule has 0 unspecified atom stereocenters. The van der Waals surface area contributed by atoms with E-state index in [1.165, 1.54) is 24.5 Å². The van der Waals surface area contributed by atoms with Gasteiger partial charge >= 0.3 is 6.09 Å². The molecule has 8 nitrogen and oxygen atoms in total. The summed E-state index contributed by atoms with van der Waals surface area (Å²) < 4.78 is 0. The van der Waals surface area contributed by atoms with Crippen LogP contribution in [0.15, 0.2) is 47.6 Å². The Morgan fingerprint density at radius 2 is 1.97 bits per heavy atom. The van der Waals surface area contributed by atoms with Crippen LogP contribution in [-0.2, 0) is 6.42 Å². The quantitative estimate of drug-likeness (QED) is 0.449. The predicted molar refractivity (Wildman–Crippen MR) is 130 cm³/mol. The Balaban J connectivity index is 0.000000238. The van der Waals surface area contributed by atoms with Crippen LogP contribution in [0.2, 0.25) is 0 Å². The minimum Gasteiger partial charge on any atom is -0.465 e. The van der Waals surface area contributed by atoms with E-state index < -0.39 is 6.09 Å². The van der Waals surface area contributed by atoms with E-state index in [0.717, 1.165) is 47.5 Å². The number of nitrogens with one attached hydrogen (secondary N) is 3. The van der Waals surface area contributed by atoms with Crippen LogP contribution in [0.3, 0.4) is 0 Å². The number of H-pyrrole nitrogens is 1. The predicted octanol–water partition coefficient (Wildman–Crippen LogP) is 4.39. The van der Waals surface area contributed by atoms with E-state index in [2.05, 4.69) is 56.1 Å². The van der Waals surface area contributed by atoms with Crippen molar-refractivity contribution in [2.45, 2.75) is 31.6 Å². The van der Waals surface area contributed by atoms with Gasteiger partial charge in [-0.2, -0.15) is 5.10 Å². The third-order valence-electron chi connectivity index (χ3n) is 5.75. The number of nitrogens with zero attached hydrogens (tertiary/aromatic N) is 2. The average Bonchev–Trinajstić information content (AvgIpc) is 3.58. The molecule has 0 atom stereocenters. The van der Waals surface area contributed by atoms with E-state index in [4.69, 9.17) is 5.11 Å². The SMILES string of the molecule is CN(C)CCCc1[nH]c2cc(NC(=O)O)cc3c2c1C=NNC3=O.c1ccc(C2CC2)cc1. The molecule has 1 saturated carbocycles. The number of amides is 2. The normalized spacial score (nSPS) is 14.5. The first kappa shape index (κ1) is 22.5. The summed E-state index contributed by atoms with van der Waals surface area (Å²) in [6.07, 6.45) is 5.04. The monoisotopic (exact) mass is 447 g/mol. The van der Waals surface area contributed by atoms with Gasteiger partial charge in [0, 0.05) is 27.8 Å². The summed E-state index contributed by atoms with van der Waals surface area (Å²) in [7, 11) is 4.04. The van der Waals surface area contributed by atoms with Gasteiger partial charge < -0.3 is 15.0 Å². The fourth-order valence-corrected chi connectivity index (χ4v) is 4.06. The van der Waals surface area contributed by atoms with Crippen LogP contribution in [0.1, 0.15) is 52.4 Å². The molecular weight excluding hydrogens is 418 g/mol. The van der Waals surface area contributed by atoms with Crippen LogP contribution in [0.4, 0.5) is 10.5 Å². The number of hydrogen-bond donors (Lipinski definition) is 4. The maximum absolute atomic E-state index is 12.2. The molecule has 0 radical (unpaired) electrons. The minimum absolute atomic E-state index is 0.342. The Bertz CT molecular complexity index is 1180. The smallest absolute Gasteiger partial charge is 0.409 e. The number of carbonyl (C=O) groups is 2. The van der Waals surface area contributed by atoms with Crippen molar-refractivity contribution in [1.82, 2.24) is 15.3 Å². The number of anilines is 1. The number of hydrogen-bond acceptors (Lipinski definition) is 4. The highest BCUT2D eigenvalue weighted by atomic mass is 16.4. The lowest BCUT2D eigenvalue weighted by atomic mass is 10.0. The number of benzene rings is 2. The number of rotatable bonds is 6. The number of aryl methyl sites for hydroxylation is 1. The van der Waals surface area contributed by atoms with E-state index >= 15 is 0 Å². The molecule has 2 amide bonds. The first-order chi connectivity index (χ1) is 15.9. The lowest BCUT2D eigenvalue weighted by Crippen LogP contribution is -2.17. The third kappa shape index (κ3) is 5.59. The molecule has 0 saturated heterocycles. The molecule has 8 heteroatoms. The van der Waals surface area contributed by atoms with Crippen molar-refractivity contribution in [2.24, 2.45) is 5.10 Å².